The predicted molar refractivity (Wildman–Crippen MR) is 111 cm³/mol. The van der Waals surface area contributed by atoms with Gasteiger partial charge in [0, 0.05) is 29.2 Å². The molecule has 0 spiro atoms. The minimum atomic E-state index is -0.671. The van der Waals surface area contributed by atoms with Crippen LogP contribution in [0.3, 0.4) is 0 Å². The third-order valence-corrected chi connectivity index (χ3v) is 4.41. The standard InChI is InChI=1S/C22H19N3O4/c1-3-28-22(27)18-19(26)17(11-14-12-24-20-16(14)5-4-10-23-20)29-21(18)25-15-8-6-13(2)7-9-15/h4-12,25-26H,3H2,1-2H3/b14-11+. The van der Waals surface area contributed by atoms with E-state index in [0.717, 1.165) is 16.7 Å². The van der Waals surface area contributed by atoms with Crippen LogP contribution >= 0.6 is 0 Å². The van der Waals surface area contributed by atoms with E-state index in [1.807, 2.05) is 37.3 Å². The molecule has 0 unspecified atom stereocenters. The summed E-state index contributed by atoms with van der Waals surface area (Å²) >= 11 is 0. The van der Waals surface area contributed by atoms with Gasteiger partial charge in [0.05, 0.1) is 6.61 Å². The minimum Gasteiger partial charge on any atom is -0.504 e. The lowest BCUT2D eigenvalue weighted by molar-refractivity contribution is 0.0524. The maximum absolute atomic E-state index is 12.4. The lowest BCUT2D eigenvalue weighted by Crippen LogP contribution is -2.06. The normalized spacial score (nSPS) is 13.5. The average Bonchev–Trinajstić information content (AvgIpc) is 3.25. The largest absolute Gasteiger partial charge is 0.504 e. The molecule has 29 heavy (non-hydrogen) atoms. The third kappa shape index (κ3) is 3.62. The molecular formula is C22H19N3O4. The number of ether oxygens (including phenoxy) is 1. The quantitative estimate of drug-likeness (QED) is 0.605. The number of aromatic hydroxyl groups is 1. The van der Waals surface area contributed by atoms with Crippen LogP contribution in [-0.4, -0.2) is 28.9 Å². The number of aryl methyl sites for hydroxylation is 1. The minimum absolute atomic E-state index is 0.0550. The van der Waals surface area contributed by atoms with Gasteiger partial charge in [-0.3, -0.25) is 0 Å². The van der Waals surface area contributed by atoms with E-state index in [0.29, 0.717) is 11.5 Å². The van der Waals surface area contributed by atoms with Crippen LogP contribution in [0.4, 0.5) is 17.4 Å². The van der Waals surface area contributed by atoms with Gasteiger partial charge in [-0.15, -0.1) is 0 Å². The molecule has 7 heteroatoms. The zero-order chi connectivity index (χ0) is 20.4. The smallest absolute Gasteiger partial charge is 0.347 e. The van der Waals surface area contributed by atoms with Crippen LogP contribution in [0.2, 0.25) is 0 Å². The number of furan rings is 1. The number of aromatic nitrogens is 1. The number of hydrogen-bond donors (Lipinski definition) is 2. The number of carbonyl (C=O) groups is 1. The number of esters is 1. The molecule has 0 bridgehead atoms. The van der Waals surface area contributed by atoms with Crippen molar-refractivity contribution in [2.45, 2.75) is 13.8 Å². The van der Waals surface area contributed by atoms with E-state index in [4.69, 9.17) is 9.15 Å². The summed E-state index contributed by atoms with van der Waals surface area (Å²) in [6.07, 6.45) is 4.91. The molecule has 0 saturated heterocycles. The maximum atomic E-state index is 12.4. The van der Waals surface area contributed by atoms with Crippen molar-refractivity contribution in [2.75, 3.05) is 11.9 Å². The van der Waals surface area contributed by atoms with Crippen molar-refractivity contribution in [3.63, 3.8) is 0 Å². The topological polar surface area (TPSA) is 97.0 Å². The summed E-state index contributed by atoms with van der Waals surface area (Å²) in [7, 11) is 0. The first-order chi connectivity index (χ1) is 14.1. The van der Waals surface area contributed by atoms with E-state index < -0.39 is 5.97 Å². The highest BCUT2D eigenvalue weighted by molar-refractivity contribution is 6.21. The van der Waals surface area contributed by atoms with Gasteiger partial charge in [-0.1, -0.05) is 17.7 Å². The molecule has 0 amide bonds. The van der Waals surface area contributed by atoms with E-state index in [1.165, 1.54) is 0 Å². The van der Waals surface area contributed by atoms with Crippen LogP contribution in [0.1, 0.15) is 34.2 Å². The molecule has 0 fully saturated rings. The maximum Gasteiger partial charge on any atom is 0.347 e. The monoisotopic (exact) mass is 389 g/mol. The van der Waals surface area contributed by atoms with Crippen LogP contribution in [0.25, 0.3) is 11.6 Å². The first kappa shape index (κ1) is 18.5. The fourth-order valence-electron chi connectivity index (χ4n) is 2.97. The highest BCUT2D eigenvalue weighted by Crippen LogP contribution is 2.39. The Kier molecular flexibility index (Phi) is 4.87. The fourth-order valence-corrected chi connectivity index (χ4v) is 2.97. The fraction of sp³-hybridized carbons (Fsp3) is 0.136. The van der Waals surface area contributed by atoms with Gasteiger partial charge in [0.15, 0.2) is 22.9 Å². The summed E-state index contributed by atoms with van der Waals surface area (Å²) in [6.45, 7) is 3.85. The van der Waals surface area contributed by atoms with Gasteiger partial charge in [0.1, 0.15) is 0 Å². The van der Waals surface area contributed by atoms with Crippen LogP contribution in [0, 0.1) is 6.92 Å². The van der Waals surface area contributed by atoms with Crippen molar-refractivity contribution in [2.24, 2.45) is 4.99 Å². The van der Waals surface area contributed by atoms with Gasteiger partial charge < -0.3 is 19.6 Å². The summed E-state index contributed by atoms with van der Waals surface area (Å²) in [5.74, 6) is -0.140. The van der Waals surface area contributed by atoms with Crippen molar-refractivity contribution >= 4 is 41.2 Å². The van der Waals surface area contributed by atoms with Gasteiger partial charge in [-0.05, 0) is 44.2 Å². The molecule has 0 saturated carbocycles. The van der Waals surface area contributed by atoms with Crippen molar-refractivity contribution < 1.29 is 19.1 Å². The molecule has 1 aromatic carbocycles. The summed E-state index contributed by atoms with van der Waals surface area (Å²) in [5, 5.41) is 13.7. The Balaban J connectivity index is 1.76. The van der Waals surface area contributed by atoms with Crippen molar-refractivity contribution in [1.29, 1.82) is 0 Å². The number of anilines is 2. The molecule has 3 aromatic rings. The van der Waals surface area contributed by atoms with Crippen molar-refractivity contribution in [1.82, 2.24) is 4.98 Å². The summed E-state index contributed by atoms with van der Waals surface area (Å²) in [6, 6.07) is 11.2. The molecule has 4 rings (SSSR count). The molecule has 0 aliphatic carbocycles. The van der Waals surface area contributed by atoms with Crippen LogP contribution < -0.4 is 5.32 Å². The highest BCUT2D eigenvalue weighted by Gasteiger charge is 2.27. The number of benzene rings is 1. The Hall–Kier alpha value is -3.87. The van der Waals surface area contributed by atoms with Crippen molar-refractivity contribution in [3.8, 4) is 5.75 Å². The first-order valence-electron chi connectivity index (χ1n) is 9.14. The zero-order valence-corrected chi connectivity index (χ0v) is 16.0. The molecule has 1 aliphatic heterocycles. The number of aliphatic imine (C=N–C) groups is 1. The average molecular weight is 389 g/mol. The van der Waals surface area contributed by atoms with Crippen LogP contribution in [0.5, 0.6) is 5.75 Å². The molecular weight excluding hydrogens is 370 g/mol. The Morgan fingerprint density at radius 2 is 2.07 bits per heavy atom. The zero-order valence-electron chi connectivity index (χ0n) is 16.0. The Morgan fingerprint density at radius 3 is 2.83 bits per heavy atom. The Morgan fingerprint density at radius 1 is 1.28 bits per heavy atom. The molecule has 146 valence electrons. The number of fused-ring (bicyclic) bond motifs is 1. The number of pyridine rings is 1. The second kappa shape index (κ2) is 7.63. The summed E-state index contributed by atoms with van der Waals surface area (Å²) < 4.78 is 10.9. The van der Waals surface area contributed by atoms with Gasteiger partial charge in [0.25, 0.3) is 0 Å². The molecule has 0 atom stereocenters. The van der Waals surface area contributed by atoms with E-state index in [1.54, 1.807) is 31.5 Å². The van der Waals surface area contributed by atoms with Gasteiger partial charge in [-0.2, -0.15) is 0 Å². The lowest BCUT2D eigenvalue weighted by atomic mass is 10.1. The Bertz CT molecular complexity index is 1130. The van der Waals surface area contributed by atoms with E-state index in [-0.39, 0.29) is 29.6 Å². The molecule has 0 radical (unpaired) electrons. The van der Waals surface area contributed by atoms with Crippen molar-refractivity contribution in [3.05, 3.63) is 65.0 Å². The molecule has 7 nitrogen and oxygen atoms in total. The predicted octanol–water partition coefficient (Wildman–Crippen LogP) is 4.87. The van der Waals surface area contributed by atoms with Crippen LogP contribution in [-0.2, 0) is 4.74 Å². The molecule has 3 heterocycles. The lowest BCUT2D eigenvalue weighted by Gasteiger charge is -2.06. The Labute approximate surface area is 167 Å². The van der Waals surface area contributed by atoms with Gasteiger partial charge in [0.2, 0.25) is 5.88 Å². The van der Waals surface area contributed by atoms with E-state index in [9.17, 15) is 9.90 Å². The summed E-state index contributed by atoms with van der Waals surface area (Å²) in [5.41, 5.74) is 3.29. The number of carbonyl (C=O) groups excluding carboxylic acids is 1. The number of rotatable bonds is 5. The van der Waals surface area contributed by atoms with E-state index in [2.05, 4.69) is 15.3 Å². The molecule has 2 N–H and O–H groups in total. The second-order valence-electron chi connectivity index (χ2n) is 6.46. The number of allylic oxidation sites excluding steroid dienone is 1. The molecule has 1 aliphatic rings. The first-order valence-corrected chi connectivity index (χ1v) is 9.14. The number of nitrogens with one attached hydrogen (secondary N) is 1. The number of nitrogens with zero attached hydrogens (tertiary/aromatic N) is 2. The second-order valence-corrected chi connectivity index (χ2v) is 6.46. The highest BCUT2D eigenvalue weighted by atomic mass is 16.5. The van der Waals surface area contributed by atoms with Gasteiger partial charge >= 0.3 is 5.97 Å². The summed E-state index contributed by atoms with van der Waals surface area (Å²) in [4.78, 5) is 20.9. The third-order valence-electron chi connectivity index (χ3n) is 4.41. The SMILES string of the molecule is CCOC(=O)c1c(Nc2ccc(C)cc2)oc(/C=C2\C=Nc3ncccc32)c1O. The van der Waals surface area contributed by atoms with Gasteiger partial charge in [-0.25, -0.2) is 14.8 Å². The van der Waals surface area contributed by atoms with Crippen LogP contribution in [0.15, 0.2) is 52.0 Å². The van der Waals surface area contributed by atoms with E-state index >= 15 is 0 Å². The molecule has 2 aromatic heterocycles. The number of hydrogen-bond acceptors (Lipinski definition) is 7.